The number of rotatable bonds is 7. The highest BCUT2D eigenvalue weighted by molar-refractivity contribution is 7.20. The Bertz CT molecular complexity index is 2650. The standard InChI is InChI=1S/C32H12BF24.C16H19N2O2/c34-25(35,36)13-1-14(26(37,38)39)6-21(5-13)33(22-7-15(27(40,41)42)2-16(8-22)28(43,44)45,23-9-17(29(46,47)48)3-18(10-23)30(49,50)51)24-11-19(31(52,53)54)4-20(12-24)32(55,56)57;1-16(2,3)20-15(19)14-11-17-9-10-18(14)12-13-7-5-4-6-8-13/h1-12H;4-11H,12H2,1-3H3/q-1;+1. The van der Waals surface area contributed by atoms with Crippen molar-refractivity contribution in [2.75, 3.05) is 0 Å². The Balaban J connectivity index is 0.000000455. The maximum Gasteiger partial charge on any atom is 0.416 e. The van der Waals surface area contributed by atoms with E-state index in [4.69, 9.17) is 4.74 Å². The molecule has 416 valence electrons. The van der Waals surface area contributed by atoms with Crippen LogP contribution < -0.4 is 26.4 Å². The fraction of sp³-hybridized carbons (Fsp3) is 0.271. The molecule has 0 amide bonds. The topological polar surface area (TPSA) is 43.1 Å². The van der Waals surface area contributed by atoms with Gasteiger partial charge in [0, 0.05) is 5.56 Å². The molecule has 0 aliphatic heterocycles. The van der Waals surface area contributed by atoms with Crippen LogP contribution in [-0.4, -0.2) is 22.7 Å². The van der Waals surface area contributed by atoms with Crippen LogP contribution in [-0.2, 0) is 60.7 Å². The van der Waals surface area contributed by atoms with E-state index in [9.17, 15) is 110 Å². The van der Waals surface area contributed by atoms with Gasteiger partial charge in [0.05, 0.1) is 50.7 Å². The number of carbonyl (C=O) groups is 1. The Morgan fingerprint density at radius 2 is 0.688 bits per heavy atom. The molecule has 0 radical (unpaired) electrons. The van der Waals surface area contributed by atoms with Crippen molar-refractivity contribution in [1.29, 1.82) is 0 Å². The van der Waals surface area contributed by atoms with Gasteiger partial charge in [-0.1, -0.05) is 78.9 Å². The van der Waals surface area contributed by atoms with Gasteiger partial charge in [0.25, 0.3) is 0 Å². The second kappa shape index (κ2) is 20.8. The Kier molecular flexibility index (Phi) is 16.4. The predicted molar refractivity (Wildman–Crippen MR) is 225 cm³/mol. The van der Waals surface area contributed by atoms with Crippen molar-refractivity contribution in [3.05, 3.63) is 177 Å². The van der Waals surface area contributed by atoms with Gasteiger partial charge in [-0.15, -0.1) is 0 Å². The minimum Gasteiger partial charge on any atom is -0.452 e. The highest BCUT2D eigenvalue weighted by Crippen LogP contribution is 2.41. The second-order valence-electron chi connectivity index (χ2n) is 17.8. The third-order valence-corrected chi connectivity index (χ3v) is 11.1. The van der Waals surface area contributed by atoms with Crippen LogP contribution in [0.1, 0.15) is 81.3 Å². The van der Waals surface area contributed by atoms with E-state index in [2.05, 4.69) is 4.98 Å². The lowest BCUT2D eigenvalue weighted by Gasteiger charge is -2.46. The summed E-state index contributed by atoms with van der Waals surface area (Å²) in [6.07, 6.45) is -49.8. The molecule has 5 aromatic carbocycles. The first-order valence-electron chi connectivity index (χ1n) is 21.2. The zero-order chi connectivity index (χ0) is 58.5. The number of nitrogens with zero attached hydrogens (tertiary/aromatic N) is 2. The molecular formula is C48H31BF24N2O2. The third-order valence-electron chi connectivity index (χ3n) is 11.1. The van der Waals surface area contributed by atoms with Crippen molar-refractivity contribution in [3.8, 4) is 0 Å². The van der Waals surface area contributed by atoms with Crippen molar-refractivity contribution in [3.63, 3.8) is 0 Å². The third kappa shape index (κ3) is 14.7. The number of hydrogen-bond acceptors (Lipinski definition) is 3. The van der Waals surface area contributed by atoms with Crippen LogP contribution in [0.25, 0.3) is 0 Å². The summed E-state index contributed by atoms with van der Waals surface area (Å²) in [6, 6.07) is 1.15. The lowest BCUT2D eigenvalue weighted by atomic mass is 9.12. The van der Waals surface area contributed by atoms with E-state index < -0.39 is 200 Å². The SMILES string of the molecule is CC(C)(C)OC(=O)c1cncc[n+]1Cc1ccccc1.FC(F)(F)c1cc([B-](c2cc(C(F)(F)F)cc(C(F)(F)F)c2)(c2cc(C(F)(F)F)cc(C(F)(F)F)c2)c2cc(C(F)(F)F)cc(C(F)(F)F)c2)cc(C(F)(F)F)c1. The molecule has 4 nitrogen and oxygen atoms in total. The van der Waals surface area contributed by atoms with Crippen molar-refractivity contribution in [1.82, 2.24) is 4.98 Å². The van der Waals surface area contributed by atoms with Crippen LogP contribution in [0.4, 0.5) is 105 Å². The summed E-state index contributed by atoms with van der Waals surface area (Å²) in [7, 11) is 0. The smallest absolute Gasteiger partial charge is 0.416 e. The highest BCUT2D eigenvalue weighted by atomic mass is 19.4. The number of carbonyl (C=O) groups excluding carboxylic acids is 1. The van der Waals surface area contributed by atoms with E-state index >= 15 is 0 Å². The Labute approximate surface area is 417 Å². The number of benzene rings is 5. The molecule has 0 unspecified atom stereocenters. The largest absolute Gasteiger partial charge is 0.452 e. The second-order valence-corrected chi connectivity index (χ2v) is 17.8. The number of ether oxygens (including phenoxy) is 1. The van der Waals surface area contributed by atoms with Crippen LogP contribution in [0.15, 0.2) is 122 Å². The molecule has 0 saturated heterocycles. The molecule has 0 aliphatic rings. The summed E-state index contributed by atoms with van der Waals surface area (Å²) >= 11 is 0. The average molecular weight is 1130 g/mol. The first-order valence-corrected chi connectivity index (χ1v) is 21.2. The summed E-state index contributed by atoms with van der Waals surface area (Å²) in [6.45, 7) is 6.16. The fourth-order valence-electron chi connectivity index (χ4n) is 7.88. The maximum absolute atomic E-state index is 14.2. The molecule has 0 N–H and O–H groups in total. The zero-order valence-electron chi connectivity index (χ0n) is 38.6. The molecule has 0 spiro atoms. The first kappa shape index (κ1) is 60.9. The number of halogens is 24. The van der Waals surface area contributed by atoms with Crippen molar-refractivity contribution < 1.29 is 119 Å². The highest BCUT2D eigenvalue weighted by Gasteiger charge is 2.47. The van der Waals surface area contributed by atoms with Crippen molar-refractivity contribution >= 4 is 34.0 Å². The normalized spacial score (nSPS) is 13.5. The summed E-state index contributed by atoms with van der Waals surface area (Å²) in [5, 5.41) is 0. The molecule has 6 aromatic rings. The number of alkyl halides is 24. The molecule has 0 aliphatic carbocycles. The van der Waals surface area contributed by atoms with E-state index in [1.165, 1.54) is 6.20 Å². The number of hydrogen-bond donors (Lipinski definition) is 0. The minimum absolute atomic E-state index is 0.360. The molecule has 29 heteroatoms. The van der Waals surface area contributed by atoms with Gasteiger partial charge in [-0.25, -0.2) is 4.79 Å². The van der Waals surface area contributed by atoms with Gasteiger partial charge in [0.1, 0.15) is 17.9 Å². The molecule has 0 atom stereocenters. The van der Waals surface area contributed by atoms with Gasteiger partial charge >= 0.3 is 61.1 Å². The molecule has 0 bridgehead atoms. The summed E-state index contributed by atoms with van der Waals surface area (Å²) in [4.78, 5) is 16.2. The molecule has 6 rings (SSSR count). The fourth-order valence-corrected chi connectivity index (χ4v) is 7.88. The van der Waals surface area contributed by atoms with Gasteiger partial charge in [-0.05, 0) is 45.0 Å². The van der Waals surface area contributed by atoms with Crippen LogP contribution >= 0.6 is 0 Å². The quantitative estimate of drug-likeness (QED) is 0.0692. The Hall–Kier alpha value is -6.97. The monoisotopic (exact) mass is 1130 g/mol. The summed E-state index contributed by atoms with van der Waals surface area (Å²) < 4.78 is 348. The average Bonchev–Trinajstić information content (AvgIpc) is 3.27. The number of esters is 1. The number of aromatic nitrogens is 2. The van der Waals surface area contributed by atoms with E-state index in [0.717, 1.165) is 5.56 Å². The van der Waals surface area contributed by atoms with Gasteiger partial charge in [0.15, 0.2) is 12.7 Å². The van der Waals surface area contributed by atoms with Crippen LogP contribution in [0.2, 0.25) is 0 Å². The first-order chi connectivity index (χ1) is 34.7. The summed E-state index contributed by atoms with van der Waals surface area (Å²) in [5.41, 5.74) is -29.2. The van der Waals surface area contributed by atoms with Gasteiger partial charge in [-0.2, -0.15) is 132 Å². The van der Waals surface area contributed by atoms with E-state index in [1.54, 1.807) is 12.4 Å². The molecule has 77 heavy (non-hydrogen) atoms. The maximum atomic E-state index is 14.2. The molecular weight excluding hydrogens is 1100 g/mol. The Morgan fingerprint density at radius 1 is 0.429 bits per heavy atom. The van der Waals surface area contributed by atoms with E-state index in [1.807, 2.05) is 55.7 Å². The van der Waals surface area contributed by atoms with Crippen molar-refractivity contribution in [2.45, 2.75) is 82.3 Å². The molecule has 1 aromatic heterocycles. The van der Waals surface area contributed by atoms with E-state index in [-0.39, 0.29) is 5.97 Å². The molecule has 0 fully saturated rings. The van der Waals surface area contributed by atoms with Gasteiger partial charge in [-0.3, -0.25) is 4.98 Å². The van der Waals surface area contributed by atoms with Crippen LogP contribution in [0.5, 0.6) is 0 Å². The Morgan fingerprint density at radius 3 is 0.922 bits per heavy atom. The molecule has 0 saturated carbocycles. The van der Waals surface area contributed by atoms with E-state index in [0.29, 0.717) is 12.2 Å². The van der Waals surface area contributed by atoms with Crippen LogP contribution in [0, 0.1) is 0 Å². The zero-order valence-corrected chi connectivity index (χ0v) is 38.6. The van der Waals surface area contributed by atoms with Gasteiger partial charge in [0.2, 0.25) is 0 Å². The predicted octanol–water partition coefficient (Wildman–Crippen LogP) is 13.6. The minimum atomic E-state index is -6.13. The van der Waals surface area contributed by atoms with Gasteiger partial charge < -0.3 is 4.74 Å². The van der Waals surface area contributed by atoms with Crippen molar-refractivity contribution in [2.24, 2.45) is 0 Å². The lowest BCUT2D eigenvalue weighted by Crippen LogP contribution is -2.75. The van der Waals surface area contributed by atoms with Crippen LogP contribution in [0.3, 0.4) is 0 Å². The molecule has 1 heterocycles. The lowest BCUT2D eigenvalue weighted by molar-refractivity contribution is -0.691. The summed E-state index contributed by atoms with van der Waals surface area (Å²) in [5.74, 6) is -0.360.